The molecule has 1 amide bonds. The van der Waals surface area contributed by atoms with Crippen molar-refractivity contribution >= 4 is 5.91 Å². The van der Waals surface area contributed by atoms with Gasteiger partial charge in [0.25, 0.3) is 5.91 Å². The Morgan fingerprint density at radius 2 is 1.95 bits per heavy atom. The van der Waals surface area contributed by atoms with Gasteiger partial charge in [-0.3, -0.25) is 4.79 Å². The summed E-state index contributed by atoms with van der Waals surface area (Å²) >= 11 is 0. The van der Waals surface area contributed by atoms with E-state index < -0.39 is 5.91 Å². The third kappa shape index (κ3) is 5.36. The van der Waals surface area contributed by atoms with Crippen LogP contribution in [0, 0.1) is 0 Å². The summed E-state index contributed by atoms with van der Waals surface area (Å²) in [4.78, 5) is 10.6. The number of amides is 1. The molecule has 1 aromatic carbocycles. The molecule has 0 saturated heterocycles. The van der Waals surface area contributed by atoms with Gasteiger partial charge in [-0.25, -0.2) is 0 Å². The van der Waals surface area contributed by atoms with Crippen molar-refractivity contribution in [2.45, 2.75) is 50.8 Å². The fourth-order valence-corrected chi connectivity index (χ4v) is 2.63. The van der Waals surface area contributed by atoms with Gasteiger partial charge in [-0.05, 0) is 30.5 Å². The van der Waals surface area contributed by atoms with E-state index in [0.29, 0.717) is 5.75 Å². The summed E-state index contributed by atoms with van der Waals surface area (Å²) in [5.74, 6) is 0.148. The van der Waals surface area contributed by atoms with Gasteiger partial charge in [-0.1, -0.05) is 31.4 Å². The Morgan fingerprint density at radius 1 is 1.24 bits per heavy atom. The van der Waals surface area contributed by atoms with E-state index in [1.54, 1.807) is 0 Å². The van der Waals surface area contributed by atoms with Gasteiger partial charge in [0.2, 0.25) is 0 Å². The monoisotopic (exact) mass is 292 g/mol. The van der Waals surface area contributed by atoms with Gasteiger partial charge >= 0.3 is 0 Å². The number of carbonyl (C=O) groups is 1. The van der Waals surface area contributed by atoms with Crippen LogP contribution in [-0.4, -0.2) is 29.8 Å². The molecule has 0 bridgehead atoms. The first-order chi connectivity index (χ1) is 10.1. The maximum Gasteiger partial charge on any atom is 0.255 e. The maximum absolute atomic E-state index is 10.6. The van der Waals surface area contributed by atoms with Crippen LogP contribution >= 0.6 is 0 Å². The number of hydrogen-bond donors (Lipinski definition) is 3. The van der Waals surface area contributed by atoms with Crippen molar-refractivity contribution in [1.82, 2.24) is 5.32 Å². The van der Waals surface area contributed by atoms with E-state index in [1.807, 2.05) is 24.3 Å². The topological polar surface area (TPSA) is 84.6 Å². The lowest BCUT2D eigenvalue weighted by Crippen LogP contribution is -2.38. The molecule has 0 aromatic heterocycles. The molecule has 2 rings (SSSR count). The summed E-state index contributed by atoms with van der Waals surface area (Å²) in [6, 6.07) is 7.73. The number of ether oxygens (including phenoxy) is 1. The highest BCUT2D eigenvalue weighted by Gasteiger charge is 2.20. The smallest absolute Gasteiger partial charge is 0.255 e. The van der Waals surface area contributed by atoms with E-state index in [9.17, 15) is 9.90 Å². The van der Waals surface area contributed by atoms with Crippen LogP contribution in [0.1, 0.15) is 37.7 Å². The Balaban J connectivity index is 1.81. The molecule has 0 spiro atoms. The lowest BCUT2D eigenvalue weighted by Gasteiger charge is -2.21. The summed E-state index contributed by atoms with van der Waals surface area (Å²) < 4.78 is 5.22. The van der Waals surface area contributed by atoms with E-state index in [4.69, 9.17) is 10.5 Å². The molecule has 0 heterocycles. The zero-order valence-corrected chi connectivity index (χ0v) is 12.3. The lowest BCUT2D eigenvalue weighted by molar-refractivity contribution is -0.119. The molecule has 2 unspecified atom stereocenters. The van der Waals surface area contributed by atoms with E-state index in [2.05, 4.69) is 5.32 Å². The average Bonchev–Trinajstić information content (AvgIpc) is 2.68. The van der Waals surface area contributed by atoms with E-state index in [0.717, 1.165) is 31.4 Å². The Labute approximate surface area is 125 Å². The second kappa shape index (κ2) is 8.00. The van der Waals surface area contributed by atoms with Crippen LogP contribution in [-0.2, 0) is 11.3 Å². The van der Waals surface area contributed by atoms with Crippen molar-refractivity contribution in [3.05, 3.63) is 29.8 Å². The van der Waals surface area contributed by atoms with E-state index in [-0.39, 0.29) is 18.8 Å². The Hall–Kier alpha value is -1.59. The van der Waals surface area contributed by atoms with Crippen molar-refractivity contribution in [3.63, 3.8) is 0 Å². The summed E-state index contributed by atoms with van der Waals surface area (Å²) in [5, 5.41) is 13.5. The van der Waals surface area contributed by atoms with Crippen LogP contribution in [0.5, 0.6) is 5.75 Å². The summed E-state index contributed by atoms with van der Waals surface area (Å²) in [6.07, 6.45) is 5.17. The van der Waals surface area contributed by atoms with Crippen LogP contribution in [0.2, 0.25) is 0 Å². The molecule has 4 N–H and O–H groups in total. The standard InChI is InChI=1S/C16H24N2O3/c17-16(20)11-21-13-8-6-12(7-9-13)10-18-14-4-2-1-3-5-15(14)19/h6-9,14-15,18-19H,1-5,10-11H2,(H2,17,20). The predicted octanol–water partition coefficient (Wildman–Crippen LogP) is 1.33. The number of nitrogens with two attached hydrogens (primary N) is 1. The van der Waals surface area contributed by atoms with E-state index >= 15 is 0 Å². The molecule has 5 nitrogen and oxygen atoms in total. The molecule has 0 aliphatic heterocycles. The molecule has 2 atom stereocenters. The average molecular weight is 292 g/mol. The summed E-state index contributed by atoms with van der Waals surface area (Å²) in [6.45, 7) is 0.615. The van der Waals surface area contributed by atoms with Crippen LogP contribution < -0.4 is 15.8 Å². The molecule has 1 aliphatic carbocycles. The number of rotatable bonds is 6. The van der Waals surface area contributed by atoms with Gasteiger partial charge in [0.1, 0.15) is 5.75 Å². The third-order valence-corrected chi connectivity index (χ3v) is 3.85. The number of aliphatic hydroxyl groups excluding tert-OH is 1. The van der Waals surface area contributed by atoms with Crippen molar-refractivity contribution in [2.75, 3.05) is 6.61 Å². The number of nitrogens with one attached hydrogen (secondary N) is 1. The maximum atomic E-state index is 10.6. The van der Waals surface area contributed by atoms with Crippen molar-refractivity contribution < 1.29 is 14.6 Å². The fourth-order valence-electron chi connectivity index (χ4n) is 2.63. The predicted molar refractivity (Wildman–Crippen MR) is 80.9 cm³/mol. The van der Waals surface area contributed by atoms with Crippen molar-refractivity contribution in [1.29, 1.82) is 0 Å². The molecule has 1 aliphatic rings. The first-order valence-electron chi connectivity index (χ1n) is 7.56. The molecule has 1 fully saturated rings. The van der Waals surface area contributed by atoms with Gasteiger partial charge in [0, 0.05) is 12.6 Å². The van der Waals surface area contributed by atoms with Gasteiger partial charge in [-0.2, -0.15) is 0 Å². The van der Waals surface area contributed by atoms with Gasteiger partial charge in [-0.15, -0.1) is 0 Å². The van der Waals surface area contributed by atoms with Crippen LogP contribution in [0.3, 0.4) is 0 Å². The first-order valence-corrected chi connectivity index (χ1v) is 7.56. The highest BCUT2D eigenvalue weighted by Crippen LogP contribution is 2.19. The van der Waals surface area contributed by atoms with Crippen LogP contribution in [0.25, 0.3) is 0 Å². The quantitative estimate of drug-likeness (QED) is 0.691. The third-order valence-electron chi connectivity index (χ3n) is 3.85. The summed E-state index contributed by atoms with van der Waals surface area (Å²) in [7, 11) is 0. The molecular weight excluding hydrogens is 268 g/mol. The zero-order chi connectivity index (χ0) is 15.1. The Kier molecular flexibility index (Phi) is 6.02. The number of benzene rings is 1. The highest BCUT2D eigenvalue weighted by atomic mass is 16.5. The zero-order valence-electron chi connectivity index (χ0n) is 12.3. The number of hydrogen-bond acceptors (Lipinski definition) is 4. The first kappa shape index (κ1) is 15.8. The largest absolute Gasteiger partial charge is 0.484 e. The Morgan fingerprint density at radius 3 is 2.67 bits per heavy atom. The molecule has 0 radical (unpaired) electrons. The van der Waals surface area contributed by atoms with Gasteiger partial charge < -0.3 is 20.9 Å². The minimum absolute atomic E-state index is 0.105. The van der Waals surface area contributed by atoms with Crippen LogP contribution in [0.4, 0.5) is 0 Å². The minimum atomic E-state index is -0.483. The SMILES string of the molecule is NC(=O)COc1ccc(CNC2CCCCCC2O)cc1. The number of carbonyl (C=O) groups excluding carboxylic acids is 1. The molecule has 116 valence electrons. The molecule has 21 heavy (non-hydrogen) atoms. The second-order valence-electron chi connectivity index (χ2n) is 5.59. The van der Waals surface area contributed by atoms with Crippen molar-refractivity contribution in [3.8, 4) is 5.75 Å². The lowest BCUT2D eigenvalue weighted by atomic mass is 10.1. The number of primary amides is 1. The van der Waals surface area contributed by atoms with Crippen molar-refractivity contribution in [2.24, 2.45) is 5.73 Å². The molecule has 1 saturated carbocycles. The van der Waals surface area contributed by atoms with Crippen LogP contribution in [0.15, 0.2) is 24.3 Å². The highest BCUT2D eigenvalue weighted by molar-refractivity contribution is 5.75. The molecular formula is C16H24N2O3. The minimum Gasteiger partial charge on any atom is -0.484 e. The molecule has 1 aromatic rings. The van der Waals surface area contributed by atoms with Gasteiger partial charge in [0.05, 0.1) is 6.10 Å². The fraction of sp³-hybridized carbons (Fsp3) is 0.562. The second-order valence-corrected chi connectivity index (χ2v) is 5.59. The summed E-state index contributed by atoms with van der Waals surface area (Å²) in [5.41, 5.74) is 6.15. The molecule has 5 heteroatoms. The van der Waals surface area contributed by atoms with Gasteiger partial charge in [0.15, 0.2) is 6.61 Å². The Bertz CT molecular complexity index is 447. The normalized spacial score (nSPS) is 22.5. The van der Waals surface area contributed by atoms with E-state index in [1.165, 1.54) is 12.8 Å². The number of aliphatic hydroxyl groups is 1.